The van der Waals surface area contributed by atoms with Gasteiger partial charge in [-0.1, -0.05) is 42.0 Å². The van der Waals surface area contributed by atoms with Crippen LogP contribution >= 0.6 is 0 Å². The lowest BCUT2D eigenvalue weighted by atomic mass is 9.85. The molecule has 0 aromatic heterocycles. The van der Waals surface area contributed by atoms with Gasteiger partial charge in [-0.25, -0.2) is 0 Å². The van der Waals surface area contributed by atoms with Crippen LogP contribution in [0.25, 0.3) is 0 Å². The molecule has 0 radical (unpaired) electrons. The summed E-state index contributed by atoms with van der Waals surface area (Å²) >= 11 is 0. The molecule has 0 saturated heterocycles. The summed E-state index contributed by atoms with van der Waals surface area (Å²) in [7, 11) is 0. The molecule has 2 aromatic carbocycles. The summed E-state index contributed by atoms with van der Waals surface area (Å²) < 4.78 is 0. The Morgan fingerprint density at radius 2 is 1.65 bits per heavy atom. The molecule has 1 atom stereocenters. The van der Waals surface area contributed by atoms with Crippen LogP contribution in [0.4, 0.5) is 5.69 Å². The summed E-state index contributed by atoms with van der Waals surface area (Å²) in [5, 5.41) is 3.65. The van der Waals surface area contributed by atoms with Gasteiger partial charge in [0.1, 0.15) is 0 Å². The van der Waals surface area contributed by atoms with E-state index in [9.17, 15) is 0 Å². The van der Waals surface area contributed by atoms with Crippen LogP contribution in [-0.4, -0.2) is 6.54 Å². The molecule has 2 aromatic rings. The first-order chi connectivity index (χ1) is 9.63. The Bertz CT molecular complexity index is 610. The minimum absolute atomic E-state index is 0.700. The number of aryl methyl sites for hydroxylation is 3. The van der Waals surface area contributed by atoms with Gasteiger partial charge >= 0.3 is 0 Å². The fraction of sp³-hybridized carbons (Fsp3) is 0.368. The number of fused-ring (bicyclic) bond motifs is 1. The molecule has 0 fully saturated rings. The third kappa shape index (κ3) is 2.58. The third-order valence-electron chi connectivity index (χ3n) is 4.46. The van der Waals surface area contributed by atoms with Crippen LogP contribution in [0.3, 0.4) is 0 Å². The van der Waals surface area contributed by atoms with Crippen molar-refractivity contribution in [3.05, 3.63) is 64.2 Å². The summed E-state index contributed by atoms with van der Waals surface area (Å²) in [5.41, 5.74) is 8.49. The lowest BCUT2D eigenvalue weighted by Gasteiger charge is -2.29. The van der Waals surface area contributed by atoms with E-state index in [0.29, 0.717) is 5.92 Å². The largest absolute Gasteiger partial charge is 0.384 e. The molecule has 0 saturated carbocycles. The van der Waals surface area contributed by atoms with Gasteiger partial charge in [0.15, 0.2) is 0 Å². The molecule has 3 rings (SSSR count). The van der Waals surface area contributed by atoms with Crippen LogP contribution < -0.4 is 5.32 Å². The van der Waals surface area contributed by atoms with Crippen LogP contribution in [0.15, 0.2) is 36.4 Å². The SMILES string of the molecule is Cc1ccc(CC2CNc3c(C)ccc(C)c3C2)cc1. The zero-order valence-electron chi connectivity index (χ0n) is 12.7. The summed E-state index contributed by atoms with van der Waals surface area (Å²) in [6, 6.07) is 13.5. The van der Waals surface area contributed by atoms with E-state index in [1.165, 1.54) is 46.3 Å². The van der Waals surface area contributed by atoms with Crippen LogP contribution in [0, 0.1) is 26.7 Å². The quantitative estimate of drug-likeness (QED) is 0.846. The highest BCUT2D eigenvalue weighted by Gasteiger charge is 2.21. The van der Waals surface area contributed by atoms with Crippen molar-refractivity contribution >= 4 is 5.69 Å². The monoisotopic (exact) mass is 265 g/mol. The van der Waals surface area contributed by atoms with Crippen molar-refractivity contribution in [1.29, 1.82) is 0 Å². The topological polar surface area (TPSA) is 12.0 Å². The molecule has 1 N–H and O–H groups in total. The van der Waals surface area contributed by atoms with Gasteiger partial charge in [-0.2, -0.15) is 0 Å². The fourth-order valence-corrected chi connectivity index (χ4v) is 3.19. The minimum Gasteiger partial charge on any atom is -0.384 e. The van der Waals surface area contributed by atoms with Gasteiger partial charge in [0.05, 0.1) is 0 Å². The smallest absolute Gasteiger partial charge is 0.0405 e. The molecule has 20 heavy (non-hydrogen) atoms. The summed E-state index contributed by atoms with van der Waals surface area (Å²) in [6.07, 6.45) is 2.36. The Balaban J connectivity index is 1.78. The van der Waals surface area contributed by atoms with E-state index in [1.807, 2.05) is 0 Å². The molecule has 1 aliphatic heterocycles. The van der Waals surface area contributed by atoms with Crippen molar-refractivity contribution in [3.63, 3.8) is 0 Å². The average Bonchev–Trinajstić information content (AvgIpc) is 2.46. The van der Waals surface area contributed by atoms with E-state index in [-0.39, 0.29) is 0 Å². The first kappa shape index (κ1) is 13.2. The minimum atomic E-state index is 0.700. The Morgan fingerprint density at radius 1 is 0.950 bits per heavy atom. The van der Waals surface area contributed by atoms with Crippen molar-refractivity contribution in [2.75, 3.05) is 11.9 Å². The average molecular weight is 265 g/mol. The maximum Gasteiger partial charge on any atom is 0.0405 e. The molecule has 104 valence electrons. The zero-order valence-corrected chi connectivity index (χ0v) is 12.7. The molecule has 0 aliphatic carbocycles. The number of benzene rings is 2. The van der Waals surface area contributed by atoms with Crippen molar-refractivity contribution in [2.24, 2.45) is 5.92 Å². The van der Waals surface area contributed by atoms with Gasteiger partial charge in [-0.05, 0) is 61.8 Å². The normalized spacial score (nSPS) is 17.4. The van der Waals surface area contributed by atoms with Crippen LogP contribution in [0.5, 0.6) is 0 Å². The first-order valence-electron chi connectivity index (χ1n) is 7.52. The maximum atomic E-state index is 3.65. The molecule has 1 heterocycles. The van der Waals surface area contributed by atoms with E-state index in [2.05, 4.69) is 62.5 Å². The molecule has 0 amide bonds. The number of rotatable bonds is 2. The second-order valence-corrected chi connectivity index (χ2v) is 6.19. The van der Waals surface area contributed by atoms with Gasteiger partial charge in [-0.3, -0.25) is 0 Å². The molecular weight excluding hydrogens is 242 g/mol. The maximum absolute atomic E-state index is 3.65. The van der Waals surface area contributed by atoms with Gasteiger partial charge in [0.2, 0.25) is 0 Å². The van der Waals surface area contributed by atoms with E-state index in [0.717, 1.165) is 6.54 Å². The number of hydrogen-bond acceptors (Lipinski definition) is 1. The molecule has 1 unspecified atom stereocenters. The Hall–Kier alpha value is -1.76. The lowest BCUT2D eigenvalue weighted by Crippen LogP contribution is -2.26. The van der Waals surface area contributed by atoms with E-state index in [4.69, 9.17) is 0 Å². The van der Waals surface area contributed by atoms with Gasteiger partial charge in [-0.15, -0.1) is 0 Å². The molecule has 1 nitrogen and oxygen atoms in total. The Morgan fingerprint density at radius 3 is 2.40 bits per heavy atom. The van der Waals surface area contributed by atoms with Crippen molar-refractivity contribution < 1.29 is 0 Å². The number of hydrogen-bond donors (Lipinski definition) is 1. The second kappa shape index (κ2) is 5.32. The lowest BCUT2D eigenvalue weighted by molar-refractivity contribution is 0.533. The highest BCUT2D eigenvalue weighted by molar-refractivity contribution is 5.61. The molecule has 0 spiro atoms. The van der Waals surface area contributed by atoms with E-state index in [1.54, 1.807) is 0 Å². The summed E-state index contributed by atoms with van der Waals surface area (Å²) in [4.78, 5) is 0. The molecule has 0 bridgehead atoms. The van der Waals surface area contributed by atoms with Crippen molar-refractivity contribution in [3.8, 4) is 0 Å². The molecular formula is C19H23N. The van der Waals surface area contributed by atoms with Gasteiger partial charge < -0.3 is 5.32 Å². The predicted molar refractivity (Wildman–Crippen MR) is 86.5 cm³/mol. The van der Waals surface area contributed by atoms with Crippen molar-refractivity contribution in [2.45, 2.75) is 33.6 Å². The highest BCUT2D eigenvalue weighted by Crippen LogP contribution is 2.31. The second-order valence-electron chi connectivity index (χ2n) is 6.19. The van der Waals surface area contributed by atoms with Crippen molar-refractivity contribution in [1.82, 2.24) is 0 Å². The third-order valence-corrected chi connectivity index (χ3v) is 4.46. The molecule has 1 heteroatoms. The Labute approximate surface area is 122 Å². The standard InChI is InChI=1S/C19H23N/c1-13-4-8-16(9-5-13)10-17-11-18-14(2)6-7-15(3)19(18)20-12-17/h4-9,17,20H,10-12H2,1-3H3. The number of nitrogens with one attached hydrogen (secondary N) is 1. The highest BCUT2D eigenvalue weighted by atomic mass is 14.9. The fourth-order valence-electron chi connectivity index (χ4n) is 3.19. The van der Waals surface area contributed by atoms with Crippen LogP contribution in [0.2, 0.25) is 0 Å². The first-order valence-corrected chi connectivity index (χ1v) is 7.52. The summed E-state index contributed by atoms with van der Waals surface area (Å²) in [6.45, 7) is 7.67. The zero-order chi connectivity index (χ0) is 14.1. The van der Waals surface area contributed by atoms with E-state index >= 15 is 0 Å². The van der Waals surface area contributed by atoms with Gasteiger partial charge in [0.25, 0.3) is 0 Å². The van der Waals surface area contributed by atoms with Crippen LogP contribution in [0.1, 0.15) is 27.8 Å². The van der Waals surface area contributed by atoms with Crippen LogP contribution in [-0.2, 0) is 12.8 Å². The Kier molecular flexibility index (Phi) is 3.52. The number of anilines is 1. The van der Waals surface area contributed by atoms with E-state index < -0.39 is 0 Å². The summed E-state index contributed by atoms with van der Waals surface area (Å²) in [5.74, 6) is 0.700. The van der Waals surface area contributed by atoms with Gasteiger partial charge in [0, 0.05) is 12.2 Å². The predicted octanol–water partition coefficient (Wildman–Crippen LogP) is 4.44. The molecule has 1 aliphatic rings.